The van der Waals surface area contributed by atoms with Crippen molar-refractivity contribution in [3.05, 3.63) is 35.2 Å². The molecule has 0 unspecified atom stereocenters. The molecule has 0 saturated heterocycles. The highest BCUT2D eigenvalue weighted by Crippen LogP contribution is 2.26. The predicted octanol–water partition coefficient (Wildman–Crippen LogP) is 1.97. The van der Waals surface area contributed by atoms with Crippen LogP contribution in [0.25, 0.3) is 11.4 Å². The molecule has 0 aliphatic rings. The highest BCUT2D eigenvalue weighted by Gasteiger charge is 2.14. The maximum absolute atomic E-state index is 12.1. The van der Waals surface area contributed by atoms with E-state index in [-0.39, 0.29) is 18.1 Å². The number of carbonyl (C=O) groups is 1. The summed E-state index contributed by atoms with van der Waals surface area (Å²) in [5, 5.41) is 12.1. The van der Waals surface area contributed by atoms with Crippen molar-refractivity contribution >= 4 is 28.2 Å². The fourth-order valence-electron chi connectivity index (χ4n) is 1.94. The Morgan fingerprint density at radius 3 is 3.04 bits per heavy atom. The third-order valence-corrected chi connectivity index (χ3v) is 3.76. The topological polar surface area (TPSA) is 116 Å². The van der Waals surface area contributed by atoms with Crippen molar-refractivity contribution < 1.29 is 14.2 Å². The van der Waals surface area contributed by atoms with E-state index < -0.39 is 0 Å². The molecule has 0 aliphatic carbocycles. The number of hydrogen-bond acceptors (Lipinski definition) is 8. The number of nitrogen functional groups attached to an aromatic ring is 1. The average Bonchev–Trinajstić information content (AvgIpc) is 3.16. The van der Waals surface area contributed by atoms with Gasteiger partial charge in [0.15, 0.2) is 16.6 Å². The molecule has 0 bridgehead atoms. The molecular formula is C14H13N5O3S. The second-order valence-electron chi connectivity index (χ2n) is 4.61. The Labute approximate surface area is 135 Å². The van der Waals surface area contributed by atoms with Crippen molar-refractivity contribution in [3.8, 4) is 17.1 Å². The Balaban J connectivity index is 1.66. The van der Waals surface area contributed by atoms with E-state index in [1.54, 1.807) is 12.5 Å². The zero-order valence-electron chi connectivity index (χ0n) is 12.1. The van der Waals surface area contributed by atoms with Crippen LogP contribution in [0.4, 0.5) is 10.9 Å². The van der Waals surface area contributed by atoms with E-state index in [9.17, 15) is 4.79 Å². The molecule has 2 heterocycles. The maximum atomic E-state index is 12.1. The van der Waals surface area contributed by atoms with Crippen LogP contribution in [-0.4, -0.2) is 28.3 Å². The molecule has 0 radical (unpaired) electrons. The number of rotatable bonds is 5. The molecule has 118 valence electrons. The summed E-state index contributed by atoms with van der Waals surface area (Å²) in [6, 6.07) is 7.33. The van der Waals surface area contributed by atoms with Crippen LogP contribution in [0.5, 0.6) is 5.75 Å². The summed E-state index contributed by atoms with van der Waals surface area (Å²) in [7, 11) is 1.58. The van der Waals surface area contributed by atoms with E-state index in [2.05, 4.69) is 25.2 Å². The number of nitrogens with zero attached hydrogens (tertiary/aromatic N) is 3. The average molecular weight is 331 g/mol. The highest BCUT2D eigenvalue weighted by molar-refractivity contribution is 7.14. The molecule has 3 rings (SSSR count). The first-order valence-electron chi connectivity index (χ1n) is 6.62. The number of hydrogen-bond donors (Lipinski definition) is 2. The summed E-state index contributed by atoms with van der Waals surface area (Å²) >= 11 is 1.27. The molecule has 0 atom stereocenters. The Hall–Kier alpha value is -2.94. The van der Waals surface area contributed by atoms with Gasteiger partial charge >= 0.3 is 0 Å². The van der Waals surface area contributed by atoms with Gasteiger partial charge in [-0.1, -0.05) is 12.1 Å². The summed E-state index contributed by atoms with van der Waals surface area (Å²) in [5.41, 5.74) is 7.32. The van der Waals surface area contributed by atoms with Gasteiger partial charge in [0, 0.05) is 5.38 Å². The van der Waals surface area contributed by atoms with Gasteiger partial charge in [-0.3, -0.25) is 4.79 Å². The molecular weight excluding hydrogens is 318 g/mol. The van der Waals surface area contributed by atoms with Gasteiger partial charge in [-0.05, 0) is 28.0 Å². The summed E-state index contributed by atoms with van der Waals surface area (Å²) in [6.45, 7) is 0. The Bertz CT molecular complexity index is 829. The lowest BCUT2D eigenvalue weighted by atomic mass is 10.1. The zero-order chi connectivity index (χ0) is 16.2. The number of ether oxygens (including phenoxy) is 1. The minimum absolute atomic E-state index is 0.157. The van der Waals surface area contributed by atoms with E-state index in [1.165, 1.54) is 11.3 Å². The van der Waals surface area contributed by atoms with Crippen molar-refractivity contribution in [2.24, 2.45) is 0 Å². The molecule has 9 heteroatoms. The number of benzene rings is 1. The van der Waals surface area contributed by atoms with Crippen LogP contribution in [0.1, 0.15) is 5.56 Å². The Morgan fingerprint density at radius 2 is 2.30 bits per heavy atom. The van der Waals surface area contributed by atoms with Gasteiger partial charge < -0.3 is 15.8 Å². The quantitative estimate of drug-likeness (QED) is 0.734. The lowest BCUT2D eigenvalue weighted by Crippen LogP contribution is -2.14. The van der Waals surface area contributed by atoms with Gasteiger partial charge in [-0.15, -0.1) is 11.3 Å². The minimum atomic E-state index is -0.176. The zero-order valence-corrected chi connectivity index (χ0v) is 13.0. The second-order valence-corrected chi connectivity index (χ2v) is 5.47. The van der Waals surface area contributed by atoms with E-state index in [0.717, 1.165) is 5.56 Å². The number of amides is 1. The smallest absolute Gasteiger partial charge is 0.230 e. The first-order valence-corrected chi connectivity index (χ1v) is 7.50. The first kappa shape index (κ1) is 15.0. The summed E-state index contributed by atoms with van der Waals surface area (Å²) in [4.78, 5) is 16.3. The highest BCUT2D eigenvalue weighted by atomic mass is 32.1. The number of carbonyl (C=O) groups excluding carboxylic acids is 1. The molecule has 8 nitrogen and oxygen atoms in total. The standard InChI is InChI=1S/C14H13N5O3S/c1-21-9-4-2-3-8(5-9)6-11(20)17-14-16-10(7-23-14)12-13(15)19-22-18-12/h2-5,7H,6H2,1H3,(H2,15,19)(H,16,17,20). The van der Waals surface area contributed by atoms with Crippen molar-refractivity contribution in [2.45, 2.75) is 6.42 Å². The number of thiazole rings is 1. The van der Waals surface area contributed by atoms with Crippen LogP contribution in [0, 0.1) is 0 Å². The first-order chi connectivity index (χ1) is 11.2. The molecule has 23 heavy (non-hydrogen) atoms. The molecule has 3 aromatic rings. The minimum Gasteiger partial charge on any atom is -0.497 e. The number of nitrogens with two attached hydrogens (primary N) is 1. The lowest BCUT2D eigenvalue weighted by Gasteiger charge is -2.04. The summed E-state index contributed by atoms with van der Waals surface area (Å²) in [6.07, 6.45) is 0.222. The lowest BCUT2D eigenvalue weighted by molar-refractivity contribution is -0.115. The number of aromatic nitrogens is 3. The molecule has 1 amide bonds. The molecule has 0 spiro atoms. The molecule has 0 fully saturated rings. The van der Waals surface area contributed by atoms with E-state index in [0.29, 0.717) is 22.3 Å². The molecule has 1 aromatic carbocycles. The predicted molar refractivity (Wildman–Crippen MR) is 85.1 cm³/mol. The number of methoxy groups -OCH3 is 1. The van der Waals surface area contributed by atoms with Gasteiger partial charge in [0.25, 0.3) is 0 Å². The molecule has 0 saturated carbocycles. The second kappa shape index (κ2) is 6.44. The van der Waals surface area contributed by atoms with Crippen LogP contribution < -0.4 is 15.8 Å². The van der Waals surface area contributed by atoms with Crippen LogP contribution in [-0.2, 0) is 11.2 Å². The fourth-order valence-corrected chi connectivity index (χ4v) is 2.66. The third-order valence-electron chi connectivity index (χ3n) is 3.01. The largest absolute Gasteiger partial charge is 0.497 e. The van der Waals surface area contributed by atoms with Crippen LogP contribution in [0.3, 0.4) is 0 Å². The van der Waals surface area contributed by atoms with Gasteiger partial charge in [0.1, 0.15) is 11.4 Å². The summed E-state index contributed by atoms with van der Waals surface area (Å²) in [5.74, 6) is 0.691. The fraction of sp³-hybridized carbons (Fsp3) is 0.143. The van der Waals surface area contributed by atoms with Gasteiger partial charge in [-0.2, -0.15) is 0 Å². The number of nitrogens with one attached hydrogen (secondary N) is 1. The Kier molecular flexibility index (Phi) is 4.20. The van der Waals surface area contributed by atoms with E-state index >= 15 is 0 Å². The van der Waals surface area contributed by atoms with E-state index in [1.807, 2.05) is 24.3 Å². The maximum Gasteiger partial charge on any atom is 0.230 e. The summed E-state index contributed by atoms with van der Waals surface area (Å²) < 4.78 is 9.67. The molecule has 3 N–H and O–H groups in total. The third kappa shape index (κ3) is 3.46. The van der Waals surface area contributed by atoms with Gasteiger partial charge in [-0.25, -0.2) is 9.61 Å². The van der Waals surface area contributed by atoms with Gasteiger partial charge in [0.2, 0.25) is 5.91 Å². The van der Waals surface area contributed by atoms with Crippen LogP contribution in [0.2, 0.25) is 0 Å². The Morgan fingerprint density at radius 1 is 1.43 bits per heavy atom. The van der Waals surface area contributed by atoms with E-state index in [4.69, 9.17) is 10.5 Å². The van der Waals surface area contributed by atoms with Crippen molar-refractivity contribution in [1.82, 2.24) is 15.3 Å². The van der Waals surface area contributed by atoms with Gasteiger partial charge in [0.05, 0.1) is 13.5 Å². The molecule has 0 aliphatic heterocycles. The van der Waals surface area contributed by atoms with Crippen molar-refractivity contribution in [3.63, 3.8) is 0 Å². The van der Waals surface area contributed by atoms with Crippen molar-refractivity contribution in [2.75, 3.05) is 18.2 Å². The SMILES string of the molecule is COc1cccc(CC(=O)Nc2nc(-c3nonc3N)cs2)c1. The van der Waals surface area contributed by atoms with Crippen LogP contribution >= 0.6 is 11.3 Å². The van der Waals surface area contributed by atoms with Crippen LogP contribution in [0.15, 0.2) is 34.3 Å². The van der Waals surface area contributed by atoms with Crippen molar-refractivity contribution in [1.29, 1.82) is 0 Å². The normalized spacial score (nSPS) is 10.5. The number of anilines is 2. The monoisotopic (exact) mass is 331 g/mol. The molecule has 2 aromatic heterocycles.